The molecule has 0 bridgehead atoms. The molecule has 0 atom stereocenters. The topological polar surface area (TPSA) is 106 Å². The van der Waals surface area contributed by atoms with E-state index in [-0.39, 0.29) is 11.3 Å². The van der Waals surface area contributed by atoms with Gasteiger partial charge in [-0.1, -0.05) is 58.2 Å². The van der Waals surface area contributed by atoms with E-state index in [4.69, 9.17) is 16.3 Å². The number of aryl methyl sites for hydroxylation is 1. The Hall–Kier alpha value is -3.10. The number of rotatable bonds is 10. The fraction of sp³-hybridized carbons (Fsp3) is 0.393. The van der Waals surface area contributed by atoms with Crippen LogP contribution in [0.1, 0.15) is 68.9 Å². The molecule has 2 aromatic rings. The van der Waals surface area contributed by atoms with Gasteiger partial charge in [-0.25, -0.2) is 5.84 Å². The molecule has 1 amide bonds. The van der Waals surface area contributed by atoms with Crippen LogP contribution in [-0.2, 0) is 5.41 Å². The first-order valence-electron chi connectivity index (χ1n) is 12.0. The van der Waals surface area contributed by atoms with Gasteiger partial charge in [-0.15, -0.1) is 0 Å². The van der Waals surface area contributed by atoms with Crippen molar-refractivity contribution in [1.29, 1.82) is 0 Å². The summed E-state index contributed by atoms with van der Waals surface area (Å²) in [6.45, 7) is 12.4. The maximum absolute atomic E-state index is 13.3. The molecular weight excluding hydrogens is 470 g/mol. The van der Waals surface area contributed by atoms with Crippen LogP contribution in [0.3, 0.4) is 0 Å². The van der Waals surface area contributed by atoms with Crippen molar-refractivity contribution < 1.29 is 9.53 Å². The summed E-state index contributed by atoms with van der Waals surface area (Å²) < 4.78 is 8.92. The van der Waals surface area contributed by atoms with E-state index in [1.165, 1.54) is 17.0 Å². The first-order valence-corrected chi connectivity index (χ1v) is 13.3. The van der Waals surface area contributed by atoms with Gasteiger partial charge in [0.05, 0.1) is 29.9 Å². The van der Waals surface area contributed by atoms with E-state index in [2.05, 4.69) is 49.9 Å². The third-order valence-electron chi connectivity index (χ3n) is 5.84. The summed E-state index contributed by atoms with van der Waals surface area (Å²) in [5, 5.41) is 4.50. The Morgan fingerprint density at radius 1 is 1.19 bits per heavy atom. The molecule has 6 N–H and O–H groups in total. The number of hydrazine groups is 1. The van der Waals surface area contributed by atoms with Gasteiger partial charge < -0.3 is 20.5 Å². The Morgan fingerprint density at radius 2 is 1.86 bits per heavy atom. The maximum atomic E-state index is 13.3. The van der Waals surface area contributed by atoms with Crippen molar-refractivity contribution in [3.8, 4) is 5.75 Å². The largest absolute Gasteiger partial charge is 0.492 e. The van der Waals surface area contributed by atoms with E-state index in [9.17, 15) is 4.79 Å². The average molecular weight is 512 g/mol. The minimum Gasteiger partial charge on any atom is -0.492 e. The summed E-state index contributed by atoms with van der Waals surface area (Å²) >= 11 is 1.46. The van der Waals surface area contributed by atoms with Gasteiger partial charge in [-0.3, -0.25) is 9.80 Å². The number of carbonyl (C=O) groups excluding carboxylic acids is 1. The zero-order chi connectivity index (χ0) is 27.0. The molecule has 0 spiro atoms. The van der Waals surface area contributed by atoms with E-state index in [0.29, 0.717) is 28.4 Å². The van der Waals surface area contributed by atoms with Crippen LogP contribution < -0.4 is 31.4 Å². The van der Waals surface area contributed by atoms with Gasteiger partial charge in [0.2, 0.25) is 0 Å². The van der Waals surface area contributed by atoms with Crippen molar-refractivity contribution in [1.82, 2.24) is 0 Å². The van der Waals surface area contributed by atoms with Gasteiger partial charge in [0, 0.05) is 18.0 Å². The Labute approximate surface area is 220 Å². The summed E-state index contributed by atoms with van der Waals surface area (Å²) in [4.78, 5) is 13.3. The number of amides is 1. The Bertz CT molecular complexity index is 1140. The van der Waals surface area contributed by atoms with Gasteiger partial charge in [0.15, 0.2) is 5.75 Å². The Kier molecular flexibility index (Phi) is 10.3. The molecule has 0 heterocycles. The molecule has 0 radical (unpaired) electrons. The SMILES string of the molecule is CCC/C=C(C)/C(N)=C/N(N)c1cc(C(=O)Nc2cc(C(C)(C)C)cc(NSC)c2OC)ccc1C. The second-order valence-electron chi connectivity index (χ2n) is 9.78. The summed E-state index contributed by atoms with van der Waals surface area (Å²) in [5.41, 5.74) is 12.2. The minimum absolute atomic E-state index is 0.117. The van der Waals surface area contributed by atoms with E-state index >= 15 is 0 Å². The minimum atomic E-state index is -0.264. The van der Waals surface area contributed by atoms with Crippen LogP contribution in [0.2, 0.25) is 0 Å². The zero-order valence-electron chi connectivity index (χ0n) is 22.8. The van der Waals surface area contributed by atoms with Crippen LogP contribution in [-0.4, -0.2) is 19.3 Å². The molecule has 0 aliphatic carbocycles. The number of nitrogens with zero attached hydrogens (tertiary/aromatic N) is 1. The summed E-state index contributed by atoms with van der Waals surface area (Å²) in [6.07, 6.45) is 7.71. The van der Waals surface area contributed by atoms with Crippen molar-refractivity contribution in [3.05, 3.63) is 70.6 Å². The standard InChI is InChI=1S/C28H41N5O2S/c1-9-10-11-18(2)22(29)17-33(30)25-14-20(13-12-19(25)3)27(34)31-23-15-21(28(4,5)6)16-24(32-36-8)26(23)35-7/h11-17,32H,9-10,29-30H2,1-8H3,(H,31,34)/b18-11+,22-17-. The number of hydrogen-bond donors (Lipinski definition) is 4. The van der Waals surface area contributed by atoms with Crippen molar-refractivity contribution in [2.45, 2.75) is 59.8 Å². The predicted octanol–water partition coefficient (Wildman–Crippen LogP) is 6.47. The molecule has 0 saturated carbocycles. The van der Waals surface area contributed by atoms with Gasteiger partial charge in [-0.2, -0.15) is 0 Å². The van der Waals surface area contributed by atoms with Gasteiger partial charge in [-0.05, 0) is 66.6 Å². The number of hydrogen-bond acceptors (Lipinski definition) is 7. The number of anilines is 3. The molecule has 2 aromatic carbocycles. The zero-order valence-corrected chi connectivity index (χ0v) is 23.6. The van der Waals surface area contributed by atoms with Crippen molar-refractivity contribution in [2.75, 3.05) is 28.4 Å². The number of benzene rings is 2. The fourth-order valence-corrected chi connectivity index (χ4v) is 3.96. The molecular formula is C28H41N5O2S. The molecule has 0 aromatic heterocycles. The smallest absolute Gasteiger partial charge is 0.255 e. The maximum Gasteiger partial charge on any atom is 0.255 e. The fourth-order valence-electron chi connectivity index (χ4n) is 3.58. The predicted molar refractivity (Wildman–Crippen MR) is 156 cm³/mol. The van der Waals surface area contributed by atoms with Crippen LogP contribution in [0.5, 0.6) is 5.75 Å². The lowest BCUT2D eigenvalue weighted by Crippen LogP contribution is -2.27. The van der Waals surface area contributed by atoms with Crippen LogP contribution in [0.4, 0.5) is 17.1 Å². The van der Waals surface area contributed by atoms with Gasteiger partial charge in [0.25, 0.3) is 5.91 Å². The molecule has 196 valence electrons. The third-order valence-corrected chi connectivity index (χ3v) is 6.27. The second-order valence-corrected chi connectivity index (χ2v) is 10.4. The highest BCUT2D eigenvalue weighted by molar-refractivity contribution is 7.99. The highest BCUT2D eigenvalue weighted by Gasteiger charge is 2.21. The first-order chi connectivity index (χ1) is 16.9. The number of allylic oxidation sites excluding steroid dienone is 2. The van der Waals surface area contributed by atoms with Crippen molar-refractivity contribution >= 4 is 34.9 Å². The summed E-state index contributed by atoms with van der Waals surface area (Å²) in [7, 11) is 1.59. The number of nitrogens with one attached hydrogen (secondary N) is 2. The second kappa shape index (κ2) is 12.7. The Morgan fingerprint density at radius 3 is 2.44 bits per heavy atom. The lowest BCUT2D eigenvalue weighted by molar-refractivity contribution is 0.102. The van der Waals surface area contributed by atoms with E-state index in [1.54, 1.807) is 25.4 Å². The highest BCUT2D eigenvalue weighted by Crippen LogP contribution is 2.39. The molecule has 0 aliphatic rings. The Balaban J connectivity index is 2.42. The normalized spacial score (nSPS) is 12.4. The number of ether oxygens (including phenoxy) is 1. The highest BCUT2D eigenvalue weighted by atomic mass is 32.2. The molecule has 0 unspecified atom stereocenters. The first kappa shape index (κ1) is 29.1. The molecule has 7 nitrogen and oxygen atoms in total. The van der Waals surface area contributed by atoms with Crippen molar-refractivity contribution in [2.24, 2.45) is 11.6 Å². The lowest BCUT2D eigenvalue weighted by Gasteiger charge is -2.24. The van der Waals surface area contributed by atoms with Crippen LogP contribution in [0, 0.1) is 6.92 Å². The van der Waals surface area contributed by atoms with Crippen LogP contribution in [0.25, 0.3) is 0 Å². The average Bonchev–Trinajstić information content (AvgIpc) is 2.82. The number of methoxy groups -OCH3 is 1. The number of carbonyl (C=O) groups is 1. The monoisotopic (exact) mass is 511 g/mol. The number of nitrogens with two attached hydrogens (primary N) is 2. The summed E-state index contributed by atoms with van der Waals surface area (Å²) in [5.74, 6) is 6.65. The molecule has 36 heavy (non-hydrogen) atoms. The van der Waals surface area contributed by atoms with Gasteiger partial charge in [0.1, 0.15) is 0 Å². The van der Waals surface area contributed by atoms with Gasteiger partial charge >= 0.3 is 0 Å². The van der Waals surface area contributed by atoms with Crippen molar-refractivity contribution in [3.63, 3.8) is 0 Å². The molecule has 0 saturated heterocycles. The van der Waals surface area contributed by atoms with E-state index in [1.807, 2.05) is 32.2 Å². The molecule has 0 fully saturated rings. The van der Waals surface area contributed by atoms with Crippen LogP contribution >= 0.6 is 11.9 Å². The third kappa shape index (κ3) is 7.45. The lowest BCUT2D eigenvalue weighted by atomic mass is 9.86. The van der Waals surface area contributed by atoms with E-state index < -0.39 is 0 Å². The number of unbranched alkanes of at least 4 members (excludes halogenated alkanes) is 1. The molecule has 2 rings (SSSR count). The van der Waals surface area contributed by atoms with Crippen LogP contribution in [0.15, 0.2) is 53.9 Å². The van der Waals surface area contributed by atoms with E-state index in [0.717, 1.165) is 35.2 Å². The quantitative estimate of drug-likeness (QED) is 0.125. The summed E-state index contributed by atoms with van der Waals surface area (Å²) in [6, 6.07) is 9.43. The molecule has 8 heteroatoms. The molecule has 0 aliphatic heterocycles.